The maximum atomic E-state index is 10.3. The Morgan fingerprint density at radius 3 is 2.47 bits per heavy atom. The van der Waals surface area contributed by atoms with Crippen LogP contribution < -0.4 is 0 Å². The molecule has 1 nitrogen and oxygen atoms in total. The molecule has 0 heterocycles. The molecule has 1 atom stereocenters. The Bertz CT molecular complexity index is 371. The lowest BCUT2D eigenvalue weighted by atomic mass is 9.81. The van der Waals surface area contributed by atoms with Gasteiger partial charge >= 0.3 is 0 Å². The molecule has 1 aromatic carbocycles. The van der Waals surface area contributed by atoms with Gasteiger partial charge in [0, 0.05) is 0 Å². The van der Waals surface area contributed by atoms with Crippen LogP contribution in [0.4, 0.5) is 0 Å². The van der Waals surface area contributed by atoms with E-state index in [1.54, 1.807) is 0 Å². The molecule has 0 amide bonds. The van der Waals surface area contributed by atoms with Gasteiger partial charge in [-0.25, -0.2) is 0 Å². The molecule has 1 saturated carbocycles. The van der Waals surface area contributed by atoms with E-state index >= 15 is 0 Å². The predicted octanol–water partition coefficient (Wildman–Crippen LogP) is 4.21. The second kappa shape index (κ2) is 4.81. The largest absolute Gasteiger partial charge is 0.388 e. The van der Waals surface area contributed by atoms with Gasteiger partial charge in [0.1, 0.15) is 0 Å². The minimum absolute atomic E-state index is 0.108. The van der Waals surface area contributed by atoms with Crippen molar-refractivity contribution in [1.29, 1.82) is 0 Å². The van der Waals surface area contributed by atoms with Gasteiger partial charge in [-0.05, 0) is 35.3 Å². The van der Waals surface area contributed by atoms with Crippen LogP contribution in [0.15, 0.2) is 24.3 Å². The van der Waals surface area contributed by atoms with Crippen LogP contribution in [0.1, 0.15) is 63.7 Å². The van der Waals surface area contributed by atoms with Crippen LogP contribution in [0.3, 0.4) is 0 Å². The summed E-state index contributed by atoms with van der Waals surface area (Å²) in [6, 6.07) is 8.33. The third-order valence-corrected chi connectivity index (χ3v) is 3.67. The molecule has 0 saturated heterocycles. The smallest absolute Gasteiger partial charge is 0.0793 e. The number of benzene rings is 1. The van der Waals surface area contributed by atoms with Crippen molar-refractivity contribution in [2.45, 2.75) is 58.0 Å². The van der Waals surface area contributed by atoms with Gasteiger partial charge in [-0.2, -0.15) is 0 Å². The summed E-state index contributed by atoms with van der Waals surface area (Å²) in [5.41, 5.74) is 2.51. The highest BCUT2D eigenvalue weighted by atomic mass is 16.3. The monoisotopic (exact) mass is 232 g/mol. The molecule has 0 radical (unpaired) electrons. The van der Waals surface area contributed by atoms with Gasteiger partial charge in [0.15, 0.2) is 0 Å². The lowest BCUT2D eigenvalue weighted by molar-refractivity contribution is 0.160. The molecule has 2 rings (SSSR count). The maximum Gasteiger partial charge on any atom is 0.0793 e. The number of hydrogen-bond acceptors (Lipinski definition) is 1. The number of aliphatic hydroxyl groups is 1. The zero-order valence-corrected chi connectivity index (χ0v) is 11.2. The van der Waals surface area contributed by atoms with Crippen molar-refractivity contribution in [3.8, 4) is 0 Å². The van der Waals surface area contributed by atoms with E-state index in [9.17, 15) is 5.11 Å². The Morgan fingerprint density at radius 2 is 1.88 bits per heavy atom. The van der Waals surface area contributed by atoms with Crippen molar-refractivity contribution in [3.05, 3.63) is 35.4 Å². The van der Waals surface area contributed by atoms with Crippen molar-refractivity contribution >= 4 is 0 Å². The molecule has 1 unspecified atom stereocenters. The second-order valence-corrected chi connectivity index (χ2v) is 6.37. The van der Waals surface area contributed by atoms with E-state index in [1.807, 2.05) is 6.07 Å². The minimum Gasteiger partial charge on any atom is -0.388 e. The van der Waals surface area contributed by atoms with Crippen LogP contribution in [0.25, 0.3) is 0 Å². The second-order valence-electron chi connectivity index (χ2n) is 6.37. The van der Waals surface area contributed by atoms with Crippen molar-refractivity contribution in [2.24, 2.45) is 5.92 Å². The van der Waals surface area contributed by atoms with Gasteiger partial charge in [0.25, 0.3) is 0 Å². The van der Waals surface area contributed by atoms with Crippen LogP contribution in [0.2, 0.25) is 0 Å². The normalized spacial score (nSPS) is 18.1. The fraction of sp³-hybridized carbons (Fsp3) is 0.625. The Balaban J connectivity index is 2.12. The van der Waals surface area contributed by atoms with Gasteiger partial charge in [-0.15, -0.1) is 0 Å². The molecule has 0 aliphatic heterocycles. The summed E-state index contributed by atoms with van der Waals surface area (Å²) in [6.45, 7) is 6.62. The first-order valence-electron chi connectivity index (χ1n) is 6.76. The number of hydrogen-bond donors (Lipinski definition) is 1. The van der Waals surface area contributed by atoms with E-state index < -0.39 is 0 Å². The lowest BCUT2D eigenvalue weighted by Crippen LogP contribution is -2.16. The Labute approximate surface area is 105 Å². The van der Waals surface area contributed by atoms with E-state index in [1.165, 1.54) is 24.8 Å². The van der Waals surface area contributed by atoms with Crippen LogP contribution in [-0.2, 0) is 5.41 Å². The van der Waals surface area contributed by atoms with Gasteiger partial charge < -0.3 is 5.11 Å². The predicted molar refractivity (Wildman–Crippen MR) is 72.1 cm³/mol. The van der Waals surface area contributed by atoms with E-state index in [0.717, 1.165) is 17.9 Å². The molecule has 1 N–H and O–H groups in total. The fourth-order valence-corrected chi connectivity index (χ4v) is 2.43. The first-order chi connectivity index (χ1) is 7.98. The SMILES string of the molecule is CC(C)(C)c1ccccc1C(O)CCC1CC1. The topological polar surface area (TPSA) is 20.2 Å². The van der Waals surface area contributed by atoms with Crippen LogP contribution >= 0.6 is 0 Å². The zero-order valence-electron chi connectivity index (χ0n) is 11.2. The minimum atomic E-state index is -0.286. The molecule has 1 heteroatoms. The zero-order chi connectivity index (χ0) is 12.5. The maximum absolute atomic E-state index is 10.3. The highest BCUT2D eigenvalue weighted by molar-refractivity contribution is 5.34. The summed E-state index contributed by atoms with van der Waals surface area (Å²) >= 11 is 0. The summed E-state index contributed by atoms with van der Waals surface area (Å²) < 4.78 is 0. The quantitative estimate of drug-likeness (QED) is 0.824. The van der Waals surface area contributed by atoms with E-state index in [4.69, 9.17) is 0 Å². The molecule has 1 aliphatic rings. The average Bonchev–Trinajstić information content (AvgIpc) is 3.08. The molecular weight excluding hydrogens is 208 g/mol. The Morgan fingerprint density at radius 1 is 1.24 bits per heavy atom. The van der Waals surface area contributed by atoms with Gasteiger partial charge in [0.05, 0.1) is 6.10 Å². The van der Waals surface area contributed by atoms with E-state index in [0.29, 0.717) is 0 Å². The lowest BCUT2D eigenvalue weighted by Gasteiger charge is -2.25. The number of rotatable bonds is 4. The molecule has 94 valence electrons. The average molecular weight is 232 g/mol. The van der Waals surface area contributed by atoms with Crippen molar-refractivity contribution < 1.29 is 5.11 Å². The van der Waals surface area contributed by atoms with Crippen molar-refractivity contribution in [2.75, 3.05) is 0 Å². The summed E-state index contributed by atoms with van der Waals surface area (Å²) in [5.74, 6) is 0.895. The highest BCUT2D eigenvalue weighted by Crippen LogP contribution is 2.37. The fourth-order valence-electron chi connectivity index (χ4n) is 2.43. The van der Waals surface area contributed by atoms with Gasteiger partial charge in [0.2, 0.25) is 0 Å². The molecule has 17 heavy (non-hydrogen) atoms. The third kappa shape index (κ3) is 3.32. The molecule has 0 spiro atoms. The van der Waals surface area contributed by atoms with Gasteiger partial charge in [-0.1, -0.05) is 57.9 Å². The summed E-state index contributed by atoms with van der Waals surface area (Å²) in [6.07, 6.45) is 4.55. The van der Waals surface area contributed by atoms with Crippen LogP contribution in [0, 0.1) is 5.92 Å². The number of aliphatic hydroxyl groups excluding tert-OH is 1. The molecular formula is C16H24O. The summed E-state index contributed by atoms with van der Waals surface area (Å²) in [7, 11) is 0. The molecule has 1 fully saturated rings. The molecule has 0 bridgehead atoms. The Hall–Kier alpha value is -0.820. The standard InChI is InChI=1S/C16H24O/c1-16(2,3)14-7-5-4-6-13(14)15(17)11-10-12-8-9-12/h4-7,12,15,17H,8-11H2,1-3H3. The summed E-state index contributed by atoms with van der Waals surface area (Å²) in [4.78, 5) is 0. The molecule has 1 aliphatic carbocycles. The Kier molecular flexibility index (Phi) is 3.58. The third-order valence-electron chi connectivity index (χ3n) is 3.67. The first kappa shape index (κ1) is 12.6. The van der Waals surface area contributed by atoms with Crippen molar-refractivity contribution in [3.63, 3.8) is 0 Å². The van der Waals surface area contributed by atoms with Crippen LogP contribution in [0.5, 0.6) is 0 Å². The molecule has 0 aromatic heterocycles. The van der Waals surface area contributed by atoms with Crippen LogP contribution in [-0.4, -0.2) is 5.11 Å². The first-order valence-corrected chi connectivity index (χ1v) is 6.76. The van der Waals surface area contributed by atoms with Gasteiger partial charge in [-0.3, -0.25) is 0 Å². The van der Waals surface area contributed by atoms with E-state index in [-0.39, 0.29) is 11.5 Å². The molecule has 1 aromatic rings. The summed E-state index contributed by atoms with van der Waals surface area (Å²) in [5, 5.41) is 10.3. The highest BCUT2D eigenvalue weighted by Gasteiger charge is 2.25. The van der Waals surface area contributed by atoms with Crippen molar-refractivity contribution in [1.82, 2.24) is 0 Å². The van der Waals surface area contributed by atoms with E-state index in [2.05, 4.69) is 39.0 Å².